The molecule has 1 fully saturated rings. The maximum atomic E-state index is 12.8. The number of anilines is 2. The smallest absolute Gasteiger partial charge is 0.319 e. The van der Waals surface area contributed by atoms with Crippen LogP contribution in [-0.4, -0.2) is 55.6 Å². The van der Waals surface area contributed by atoms with Crippen molar-refractivity contribution in [1.29, 1.82) is 0 Å². The number of hydrogen-bond donors (Lipinski definition) is 3. The highest BCUT2D eigenvalue weighted by atomic mass is 16.5. The fourth-order valence-corrected chi connectivity index (χ4v) is 4.87. The van der Waals surface area contributed by atoms with Gasteiger partial charge >= 0.3 is 6.03 Å². The van der Waals surface area contributed by atoms with Gasteiger partial charge in [0, 0.05) is 24.8 Å². The largest absolute Gasteiger partial charge is 0.475 e. The topological polar surface area (TPSA) is 96.0 Å². The predicted octanol–water partition coefficient (Wildman–Crippen LogP) is 4.07. The van der Waals surface area contributed by atoms with Gasteiger partial charge in [-0.1, -0.05) is 30.3 Å². The number of urea groups is 1. The molecule has 0 bridgehead atoms. The van der Waals surface area contributed by atoms with E-state index in [0.717, 1.165) is 48.4 Å². The first-order chi connectivity index (χ1) is 17.6. The zero-order valence-electron chi connectivity index (χ0n) is 20.5. The number of ether oxygens (including phenoxy) is 2. The molecular formula is C28H32N4O4. The minimum absolute atomic E-state index is 0.0219. The van der Waals surface area contributed by atoms with Gasteiger partial charge < -0.3 is 30.1 Å². The molecule has 2 amide bonds. The predicted molar refractivity (Wildman–Crippen MR) is 140 cm³/mol. The zero-order valence-corrected chi connectivity index (χ0v) is 20.5. The number of nitrogens with one attached hydrogen (secondary N) is 2. The number of nitrogens with zero attached hydrogens (tertiary/aromatic N) is 2. The van der Waals surface area contributed by atoms with E-state index in [2.05, 4.69) is 32.7 Å². The number of aliphatic hydroxyl groups excluding tert-OH is 1. The molecule has 1 aliphatic carbocycles. The average Bonchev–Trinajstić information content (AvgIpc) is 3.31. The van der Waals surface area contributed by atoms with E-state index in [1.165, 1.54) is 11.1 Å². The number of morpholine rings is 1. The van der Waals surface area contributed by atoms with Crippen LogP contribution in [0.25, 0.3) is 11.1 Å². The van der Waals surface area contributed by atoms with Crippen LogP contribution in [0.4, 0.5) is 16.3 Å². The molecule has 0 spiro atoms. The number of rotatable bonds is 7. The van der Waals surface area contributed by atoms with Gasteiger partial charge in [-0.25, -0.2) is 4.79 Å². The molecule has 188 valence electrons. The maximum Gasteiger partial charge on any atom is 0.319 e. The Morgan fingerprint density at radius 2 is 2.00 bits per heavy atom. The molecule has 36 heavy (non-hydrogen) atoms. The number of carbonyl (C=O) groups is 1. The molecule has 0 unspecified atom stereocenters. The summed E-state index contributed by atoms with van der Waals surface area (Å²) in [5.74, 6) is 1.26. The second-order valence-electron chi connectivity index (χ2n) is 9.14. The first-order valence-corrected chi connectivity index (χ1v) is 12.5. The van der Waals surface area contributed by atoms with E-state index in [1.807, 2.05) is 49.4 Å². The molecule has 0 saturated carbocycles. The van der Waals surface area contributed by atoms with Crippen molar-refractivity contribution in [3.05, 3.63) is 71.3 Å². The third kappa shape index (κ3) is 5.45. The lowest BCUT2D eigenvalue weighted by molar-refractivity contribution is 0.122. The van der Waals surface area contributed by atoms with Crippen LogP contribution in [0.1, 0.15) is 29.2 Å². The Labute approximate surface area is 211 Å². The van der Waals surface area contributed by atoms with Crippen LogP contribution in [0.15, 0.2) is 54.6 Å². The molecule has 2 aromatic carbocycles. The first-order valence-electron chi connectivity index (χ1n) is 12.5. The van der Waals surface area contributed by atoms with Crippen LogP contribution in [0, 0.1) is 6.92 Å². The minimum atomic E-state index is -0.220. The molecule has 8 heteroatoms. The van der Waals surface area contributed by atoms with E-state index in [0.29, 0.717) is 24.8 Å². The number of aryl methyl sites for hydroxylation is 2. The van der Waals surface area contributed by atoms with Gasteiger partial charge in [0.2, 0.25) is 5.88 Å². The van der Waals surface area contributed by atoms with Gasteiger partial charge in [0.1, 0.15) is 12.4 Å². The number of hydrogen-bond acceptors (Lipinski definition) is 6. The maximum absolute atomic E-state index is 12.8. The van der Waals surface area contributed by atoms with Crippen molar-refractivity contribution in [2.24, 2.45) is 0 Å². The van der Waals surface area contributed by atoms with Crippen molar-refractivity contribution in [2.75, 3.05) is 49.7 Å². The van der Waals surface area contributed by atoms with Gasteiger partial charge in [0.15, 0.2) is 0 Å². The number of carbonyl (C=O) groups excluding carboxylic acids is 1. The third-order valence-corrected chi connectivity index (χ3v) is 6.71. The Hall–Kier alpha value is -3.62. The zero-order chi connectivity index (χ0) is 24.9. The lowest BCUT2D eigenvalue weighted by Gasteiger charge is -2.28. The van der Waals surface area contributed by atoms with E-state index in [9.17, 15) is 9.90 Å². The first kappa shape index (κ1) is 24.1. The van der Waals surface area contributed by atoms with E-state index in [-0.39, 0.29) is 25.3 Å². The molecule has 3 N–H and O–H groups in total. The Balaban J connectivity index is 1.37. The summed E-state index contributed by atoms with van der Waals surface area (Å²) < 4.78 is 11.2. The normalized spacial score (nSPS) is 16.9. The molecular weight excluding hydrogens is 456 g/mol. The number of aliphatic hydroxyl groups is 1. The van der Waals surface area contributed by atoms with E-state index in [4.69, 9.17) is 9.47 Å². The molecule has 8 nitrogen and oxygen atoms in total. The Morgan fingerprint density at radius 3 is 2.83 bits per heavy atom. The number of aromatic nitrogens is 1. The Kier molecular flexibility index (Phi) is 7.34. The standard InChI is InChI=1S/C28H32N4O4/c1-19-6-8-22(29-28(34)30-25-9-7-20-4-2-3-5-23(20)25)18-24(19)21-16-26(32-10-13-35-14-11-32)31-27(17-21)36-15-12-33/h2-6,8,16-18,25,33H,7,9-15H2,1H3,(H2,29,30,34)/t25-/m1/s1. The fourth-order valence-electron chi connectivity index (χ4n) is 4.87. The van der Waals surface area contributed by atoms with E-state index < -0.39 is 0 Å². The fraction of sp³-hybridized carbons (Fsp3) is 0.357. The van der Waals surface area contributed by atoms with Crippen LogP contribution in [0.5, 0.6) is 5.88 Å². The molecule has 2 heterocycles. The van der Waals surface area contributed by atoms with Gasteiger partial charge in [-0.2, -0.15) is 4.98 Å². The second kappa shape index (κ2) is 11.0. The number of benzene rings is 2. The monoisotopic (exact) mass is 488 g/mol. The van der Waals surface area contributed by atoms with Crippen molar-refractivity contribution in [3.8, 4) is 17.0 Å². The second-order valence-corrected chi connectivity index (χ2v) is 9.14. The summed E-state index contributed by atoms with van der Waals surface area (Å²) in [5, 5.41) is 15.4. The van der Waals surface area contributed by atoms with Crippen LogP contribution in [-0.2, 0) is 11.2 Å². The summed E-state index contributed by atoms with van der Waals surface area (Å²) in [5.41, 5.74) is 6.18. The summed E-state index contributed by atoms with van der Waals surface area (Å²) in [6, 6.07) is 17.9. The summed E-state index contributed by atoms with van der Waals surface area (Å²) >= 11 is 0. The summed E-state index contributed by atoms with van der Waals surface area (Å²) in [6.45, 7) is 4.93. The van der Waals surface area contributed by atoms with Crippen LogP contribution >= 0.6 is 0 Å². The highest BCUT2D eigenvalue weighted by Gasteiger charge is 2.23. The minimum Gasteiger partial charge on any atom is -0.475 e. The van der Waals surface area contributed by atoms with Crippen molar-refractivity contribution in [1.82, 2.24) is 10.3 Å². The van der Waals surface area contributed by atoms with Crippen molar-refractivity contribution >= 4 is 17.5 Å². The molecule has 0 radical (unpaired) electrons. The summed E-state index contributed by atoms with van der Waals surface area (Å²) in [7, 11) is 0. The Morgan fingerprint density at radius 1 is 1.17 bits per heavy atom. The number of fused-ring (bicyclic) bond motifs is 1. The van der Waals surface area contributed by atoms with Crippen LogP contribution in [0.3, 0.4) is 0 Å². The van der Waals surface area contributed by atoms with E-state index >= 15 is 0 Å². The van der Waals surface area contributed by atoms with Gasteiger partial charge in [-0.05, 0) is 65.8 Å². The van der Waals surface area contributed by atoms with Crippen LogP contribution in [0.2, 0.25) is 0 Å². The Bertz CT molecular complexity index is 1230. The van der Waals surface area contributed by atoms with Gasteiger partial charge in [0.05, 0.1) is 25.9 Å². The molecule has 1 aromatic heterocycles. The highest BCUT2D eigenvalue weighted by molar-refractivity contribution is 5.91. The summed E-state index contributed by atoms with van der Waals surface area (Å²) in [6.07, 6.45) is 1.88. The molecule has 2 aliphatic rings. The van der Waals surface area contributed by atoms with Crippen molar-refractivity contribution in [2.45, 2.75) is 25.8 Å². The van der Waals surface area contributed by atoms with Crippen molar-refractivity contribution < 1.29 is 19.4 Å². The average molecular weight is 489 g/mol. The van der Waals surface area contributed by atoms with Gasteiger partial charge in [-0.15, -0.1) is 0 Å². The van der Waals surface area contributed by atoms with Crippen LogP contribution < -0.4 is 20.3 Å². The molecule has 1 aliphatic heterocycles. The number of pyridine rings is 1. The molecule has 1 atom stereocenters. The van der Waals surface area contributed by atoms with Gasteiger partial charge in [-0.3, -0.25) is 0 Å². The number of amides is 2. The molecule has 1 saturated heterocycles. The quantitative estimate of drug-likeness (QED) is 0.464. The lowest BCUT2D eigenvalue weighted by atomic mass is 10.0. The van der Waals surface area contributed by atoms with Gasteiger partial charge in [0.25, 0.3) is 0 Å². The molecule has 3 aromatic rings. The molecule has 5 rings (SSSR count). The SMILES string of the molecule is Cc1ccc(NC(=O)N[C@@H]2CCc3ccccc32)cc1-c1cc(OCCO)nc(N2CCOCC2)c1. The van der Waals surface area contributed by atoms with E-state index in [1.54, 1.807) is 0 Å². The summed E-state index contributed by atoms with van der Waals surface area (Å²) in [4.78, 5) is 19.7. The lowest BCUT2D eigenvalue weighted by Crippen LogP contribution is -2.36. The highest BCUT2D eigenvalue weighted by Crippen LogP contribution is 2.33. The van der Waals surface area contributed by atoms with Crippen molar-refractivity contribution in [3.63, 3.8) is 0 Å². The third-order valence-electron chi connectivity index (χ3n) is 6.71.